The number of nitriles is 1. The molecule has 222 valence electrons. The Morgan fingerprint density at radius 2 is 1.98 bits per heavy atom. The molecular weight excluding hydrogens is 572 g/mol. The third-order valence-corrected chi connectivity index (χ3v) is 9.41. The van der Waals surface area contributed by atoms with Gasteiger partial charge in [-0.3, -0.25) is 4.79 Å². The summed E-state index contributed by atoms with van der Waals surface area (Å²) in [6, 6.07) is 9.08. The van der Waals surface area contributed by atoms with Gasteiger partial charge in [-0.25, -0.2) is 18.7 Å². The molecule has 2 aromatic carbocycles. The molecule has 0 bridgehead atoms. The Morgan fingerprint density at radius 3 is 2.63 bits per heavy atom. The van der Waals surface area contributed by atoms with E-state index in [0.717, 1.165) is 0 Å². The molecule has 2 atom stereocenters. The molecule has 2 aromatic heterocycles. The lowest BCUT2D eigenvalue weighted by Crippen LogP contribution is -2.67. The maximum Gasteiger partial charge on any atom is 0.246 e. The van der Waals surface area contributed by atoms with Gasteiger partial charge in [-0.15, -0.1) is 0 Å². The highest BCUT2D eigenvalue weighted by Crippen LogP contribution is 2.43. The Labute approximate surface area is 253 Å². The summed E-state index contributed by atoms with van der Waals surface area (Å²) in [6.07, 6.45) is 4.37. The van der Waals surface area contributed by atoms with Crippen LogP contribution in [0, 0.1) is 23.0 Å². The van der Waals surface area contributed by atoms with Gasteiger partial charge in [0, 0.05) is 42.7 Å². The SMILES string of the molecule is C=CC(=O)N1CC[C@H](n2cnc3c(N4CC(C)(N(C)C)C4)nc4c(F)c(-c5ccc(F)cc5)c(Cl)cc4c32)C[C@H]1CC#N. The molecule has 1 amide bonds. The van der Waals surface area contributed by atoms with Gasteiger partial charge < -0.3 is 19.3 Å². The lowest BCUT2D eigenvalue weighted by molar-refractivity contribution is -0.130. The first kappa shape index (κ1) is 29.0. The Morgan fingerprint density at radius 1 is 1.26 bits per heavy atom. The standard InChI is InChI=1S/C32H32ClF2N7O/c1-5-25(43)41-13-11-22(14-21(41)10-12-36)42-18-37-29-30(42)23-15-24(33)26(19-6-8-20(34)9-7-19)27(35)28(23)38-31(29)40-16-32(2,17-40)39(3)4/h5-9,15,18,21-22H,1,10-11,13-14,16-17H2,2-4H3/t21-,22+/m1/s1. The van der Waals surface area contributed by atoms with Crippen molar-refractivity contribution in [2.24, 2.45) is 0 Å². The Bertz CT molecular complexity index is 1790. The van der Waals surface area contributed by atoms with Gasteiger partial charge in [-0.2, -0.15) is 5.26 Å². The summed E-state index contributed by atoms with van der Waals surface area (Å²) < 4.78 is 32.2. The van der Waals surface area contributed by atoms with Crippen LogP contribution in [0.3, 0.4) is 0 Å². The number of piperidine rings is 1. The first-order valence-corrected chi connectivity index (χ1v) is 14.6. The van der Waals surface area contributed by atoms with Gasteiger partial charge in [-0.05, 0) is 63.7 Å². The van der Waals surface area contributed by atoms with E-state index in [1.54, 1.807) is 17.3 Å². The first-order valence-electron chi connectivity index (χ1n) is 14.2. The second kappa shape index (κ2) is 10.9. The molecule has 11 heteroatoms. The number of likely N-dealkylation sites (tertiary alicyclic amines) is 1. The average molecular weight is 604 g/mol. The molecular formula is C32H32ClF2N7O. The summed E-state index contributed by atoms with van der Waals surface area (Å²) in [4.78, 5) is 28.2. The van der Waals surface area contributed by atoms with E-state index in [1.807, 2.05) is 18.7 Å². The Balaban J connectivity index is 1.53. The fraction of sp³-hybridized carbons (Fsp3) is 0.375. The van der Waals surface area contributed by atoms with Crippen LogP contribution in [-0.2, 0) is 4.79 Å². The van der Waals surface area contributed by atoms with Crippen molar-refractivity contribution in [2.45, 2.75) is 43.8 Å². The number of anilines is 1. The van der Waals surface area contributed by atoms with Crippen molar-refractivity contribution in [3.63, 3.8) is 0 Å². The number of benzene rings is 2. The van der Waals surface area contributed by atoms with E-state index in [1.165, 1.54) is 30.3 Å². The smallest absolute Gasteiger partial charge is 0.246 e. The molecule has 4 heterocycles. The van der Waals surface area contributed by atoms with E-state index >= 15 is 4.39 Å². The molecule has 4 aromatic rings. The third-order valence-electron chi connectivity index (χ3n) is 9.11. The quantitative estimate of drug-likeness (QED) is 0.253. The van der Waals surface area contributed by atoms with Crippen LogP contribution in [0.1, 0.15) is 32.2 Å². The van der Waals surface area contributed by atoms with Crippen molar-refractivity contribution in [1.29, 1.82) is 5.26 Å². The fourth-order valence-corrected chi connectivity index (χ4v) is 6.73. The molecule has 6 rings (SSSR count). The number of hydrogen-bond acceptors (Lipinski definition) is 6. The van der Waals surface area contributed by atoms with E-state index in [0.29, 0.717) is 60.3 Å². The molecule has 2 aliphatic heterocycles. The van der Waals surface area contributed by atoms with Gasteiger partial charge in [0.1, 0.15) is 16.9 Å². The predicted molar refractivity (Wildman–Crippen MR) is 164 cm³/mol. The molecule has 0 radical (unpaired) electrons. The maximum absolute atomic E-state index is 16.5. The van der Waals surface area contributed by atoms with Crippen molar-refractivity contribution in [2.75, 3.05) is 38.6 Å². The topological polar surface area (TPSA) is 81.3 Å². The van der Waals surface area contributed by atoms with Crippen molar-refractivity contribution in [3.8, 4) is 17.2 Å². The molecule has 2 saturated heterocycles. The molecule has 43 heavy (non-hydrogen) atoms. The first-order chi connectivity index (χ1) is 20.6. The monoisotopic (exact) mass is 603 g/mol. The number of pyridine rings is 1. The average Bonchev–Trinajstić information content (AvgIpc) is 3.42. The normalized spacial score (nSPS) is 20.0. The number of imidazole rings is 1. The highest BCUT2D eigenvalue weighted by Gasteiger charge is 2.43. The van der Waals surface area contributed by atoms with Crippen LogP contribution < -0.4 is 4.90 Å². The minimum Gasteiger partial charge on any atom is -0.351 e. The minimum atomic E-state index is -0.588. The number of carbonyl (C=O) groups excluding carboxylic acids is 1. The number of nitrogens with zero attached hydrogens (tertiary/aromatic N) is 7. The second-order valence-electron chi connectivity index (χ2n) is 11.9. The summed E-state index contributed by atoms with van der Waals surface area (Å²) in [5, 5.41) is 10.2. The zero-order chi connectivity index (χ0) is 30.6. The Kier molecular flexibility index (Phi) is 7.35. The van der Waals surface area contributed by atoms with E-state index in [-0.39, 0.29) is 46.1 Å². The largest absolute Gasteiger partial charge is 0.351 e. The van der Waals surface area contributed by atoms with Crippen LogP contribution in [0.2, 0.25) is 5.02 Å². The highest BCUT2D eigenvalue weighted by molar-refractivity contribution is 6.34. The molecule has 0 unspecified atom stereocenters. The number of carbonyl (C=O) groups is 1. The lowest BCUT2D eigenvalue weighted by Gasteiger charge is -2.52. The van der Waals surface area contributed by atoms with Crippen LogP contribution in [0.5, 0.6) is 0 Å². The van der Waals surface area contributed by atoms with E-state index in [9.17, 15) is 14.4 Å². The second-order valence-corrected chi connectivity index (χ2v) is 12.3. The minimum absolute atomic E-state index is 0.0711. The summed E-state index contributed by atoms with van der Waals surface area (Å²) >= 11 is 6.74. The van der Waals surface area contributed by atoms with Crippen LogP contribution in [0.15, 0.2) is 49.3 Å². The number of aromatic nitrogens is 3. The number of hydrogen-bond donors (Lipinski definition) is 0. The van der Waals surface area contributed by atoms with Crippen molar-refractivity contribution in [1.82, 2.24) is 24.3 Å². The molecule has 8 nitrogen and oxygen atoms in total. The van der Waals surface area contributed by atoms with Gasteiger partial charge in [0.25, 0.3) is 0 Å². The highest BCUT2D eigenvalue weighted by atomic mass is 35.5. The van der Waals surface area contributed by atoms with Crippen molar-refractivity contribution < 1.29 is 13.6 Å². The van der Waals surface area contributed by atoms with E-state index < -0.39 is 11.6 Å². The number of halogens is 3. The molecule has 2 fully saturated rings. The fourth-order valence-electron chi connectivity index (χ4n) is 6.42. The number of rotatable bonds is 6. The summed E-state index contributed by atoms with van der Waals surface area (Å²) in [6.45, 7) is 7.61. The van der Waals surface area contributed by atoms with Crippen LogP contribution in [0.4, 0.5) is 14.6 Å². The van der Waals surface area contributed by atoms with Crippen LogP contribution >= 0.6 is 11.6 Å². The van der Waals surface area contributed by atoms with E-state index in [2.05, 4.69) is 29.4 Å². The van der Waals surface area contributed by atoms with Crippen molar-refractivity contribution >= 4 is 45.3 Å². The van der Waals surface area contributed by atoms with Crippen LogP contribution in [-0.4, -0.2) is 75.6 Å². The lowest BCUT2D eigenvalue weighted by atomic mass is 9.90. The summed E-state index contributed by atoms with van der Waals surface area (Å²) in [5.74, 6) is -0.631. The predicted octanol–water partition coefficient (Wildman–Crippen LogP) is 5.96. The van der Waals surface area contributed by atoms with Gasteiger partial charge in [0.2, 0.25) is 5.91 Å². The van der Waals surface area contributed by atoms with Crippen LogP contribution in [0.25, 0.3) is 33.1 Å². The van der Waals surface area contributed by atoms with Gasteiger partial charge >= 0.3 is 0 Å². The molecule has 2 aliphatic rings. The molecule has 0 spiro atoms. The zero-order valence-electron chi connectivity index (χ0n) is 24.3. The molecule has 0 saturated carbocycles. The number of fused-ring (bicyclic) bond motifs is 3. The summed E-state index contributed by atoms with van der Waals surface area (Å²) in [5.41, 5.74) is 2.03. The maximum atomic E-state index is 16.5. The van der Waals surface area contributed by atoms with Gasteiger partial charge in [-0.1, -0.05) is 30.3 Å². The molecule has 0 N–H and O–H groups in total. The van der Waals surface area contributed by atoms with Crippen molar-refractivity contribution in [3.05, 3.63) is 66.0 Å². The van der Waals surface area contributed by atoms with Gasteiger partial charge in [0.05, 0.1) is 34.9 Å². The Hall–Kier alpha value is -4.07. The number of amides is 1. The van der Waals surface area contributed by atoms with Gasteiger partial charge in [0.15, 0.2) is 11.6 Å². The van der Waals surface area contributed by atoms with E-state index in [4.69, 9.17) is 21.6 Å². The zero-order valence-corrected chi connectivity index (χ0v) is 25.1. The number of likely N-dealkylation sites (N-methyl/N-ethyl adjacent to an activating group) is 1. The summed E-state index contributed by atoms with van der Waals surface area (Å²) in [7, 11) is 4.07. The molecule has 0 aliphatic carbocycles. The third kappa shape index (κ3) is 4.81.